The maximum atomic E-state index is 14.2. The number of benzene rings is 1. The fourth-order valence-electron chi connectivity index (χ4n) is 5.51. The smallest absolute Gasteiger partial charge is 0.250 e. The largest absolute Gasteiger partial charge is 0.385 e. The Morgan fingerprint density at radius 3 is 2.81 bits per heavy atom. The van der Waals surface area contributed by atoms with Gasteiger partial charge >= 0.3 is 0 Å². The third-order valence-electron chi connectivity index (χ3n) is 7.64. The van der Waals surface area contributed by atoms with Gasteiger partial charge in [0.05, 0.1) is 5.92 Å². The van der Waals surface area contributed by atoms with Crippen molar-refractivity contribution in [3.63, 3.8) is 0 Å². The Hall–Kier alpha value is -2.97. The van der Waals surface area contributed by atoms with Crippen molar-refractivity contribution in [3.8, 4) is 0 Å². The first-order valence-corrected chi connectivity index (χ1v) is 12.9. The zero-order valence-electron chi connectivity index (χ0n) is 21.1. The number of piperidine rings is 1. The summed E-state index contributed by atoms with van der Waals surface area (Å²) in [6.07, 6.45) is 7.50. The van der Waals surface area contributed by atoms with Gasteiger partial charge in [-0.15, -0.1) is 0 Å². The Labute approximate surface area is 210 Å². The molecular formula is C28H35FN4O3. The molecule has 1 N–H and O–H groups in total. The molecule has 2 aliphatic rings. The lowest BCUT2D eigenvalue weighted by Crippen LogP contribution is -2.47. The van der Waals surface area contributed by atoms with E-state index in [4.69, 9.17) is 4.74 Å². The number of fused-ring (bicyclic) bond motifs is 1. The van der Waals surface area contributed by atoms with Crippen molar-refractivity contribution in [2.75, 3.05) is 26.8 Å². The number of rotatable bonds is 9. The highest BCUT2D eigenvalue weighted by atomic mass is 19.1. The van der Waals surface area contributed by atoms with Crippen LogP contribution in [0.2, 0.25) is 0 Å². The predicted octanol–water partition coefficient (Wildman–Crippen LogP) is 3.40. The molecule has 36 heavy (non-hydrogen) atoms. The van der Waals surface area contributed by atoms with E-state index >= 15 is 0 Å². The van der Waals surface area contributed by atoms with Gasteiger partial charge in [0, 0.05) is 75.8 Å². The van der Waals surface area contributed by atoms with E-state index in [-0.39, 0.29) is 35.2 Å². The normalized spacial score (nSPS) is 20.1. The molecule has 1 aliphatic heterocycles. The Bertz CT molecular complexity index is 1300. The molecule has 0 bridgehead atoms. The number of ether oxygens (including phenoxy) is 1. The van der Waals surface area contributed by atoms with Gasteiger partial charge in [0.1, 0.15) is 5.82 Å². The summed E-state index contributed by atoms with van der Waals surface area (Å²) in [5.41, 5.74) is 2.82. The minimum Gasteiger partial charge on any atom is -0.385 e. The molecule has 192 valence electrons. The molecular weight excluding hydrogens is 459 g/mol. The van der Waals surface area contributed by atoms with E-state index < -0.39 is 0 Å². The van der Waals surface area contributed by atoms with E-state index in [9.17, 15) is 14.0 Å². The van der Waals surface area contributed by atoms with Gasteiger partial charge in [-0.05, 0) is 73.5 Å². The highest BCUT2D eigenvalue weighted by Gasteiger charge is 2.40. The first-order chi connectivity index (χ1) is 17.5. The molecule has 0 spiro atoms. The first kappa shape index (κ1) is 24.7. The molecule has 8 heteroatoms. The lowest BCUT2D eigenvalue weighted by atomic mass is 9.80. The van der Waals surface area contributed by atoms with E-state index in [1.54, 1.807) is 37.1 Å². The van der Waals surface area contributed by atoms with Gasteiger partial charge in [-0.2, -0.15) is 0 Å². The van der Waals surface area contributed by atoms with E-state index in [2.05, 4.69) is 16.1 Å². The van der Waals surface area contributed by atoms with Gasteiger partial charge in [-0.25, -0.2) is 4.39 Å². The van der Waals surface area contributed by atoms with Gasteiger partial charge in [-0.1, -0.05) is 0 Å². The molecule has 2 atom stereocenters. The second kappa shape index (κ2) is 10.6. The molecule has 3 aromatic rings. The van der Waals surface area contributed by atoms with E-state index in [1.807, 2.05) is 17.0 Å². The number of carbonyl (C=O) groups excluding carboxylic acids is 1. The maximum absolute atomic E-state index is 14.2. The summed E-state index contributed by atoms with van der Waals surface area (Å²) < 4.78 is 23.2. The molecule has 3 heterocycles. The standard InChI is InChI=1S/C28H35FN4O3/c1-31-12-9-19(14-27(31)34)23-8-10-30-16-25(23)28(35)33(22-5-6-22)18-20-17-32(11-3-13-36-2)26-7-4-21(29)15-24(20)26/h4,7,9,12,14-15,17,22-23,25,30H,3,5-6,8,10-11,13,16,18H2,1-2H3. The number of hydrogen-bond donors (Lipinski definition) is 1. The van der Waals surface area contributed by atoms with Crippen LogP contribution in [0.5, 0.6) is 0 Å². The van der Waals surface area contributed by atoms with Crippen molar-refractivity contribution < 1.29 is 13.9 Å². The summed E-state index contributed by atoms with van der Waals surface area (Å²) in [6, 6.07) is 8.75. The highest BCUT2D eigenvalue weighted by molar-refractivity contribution is 5.86. The Kier molecular flexibility index (Phi) is 7.25. The van der Waals surface area contributed by atoms with E-state index in [0.29, 0.717) is 19.7 Å². The molecule has 1 saturated heterocycles. The van der Waals surface area contributed by atoms with Crippen molar-refractivity contribution in [1.82, 2.24) is 19.4 Å². The van der Waals surface area contributed by atoms with E-state index in [1.165, 1.54) is 6.07 Å². The van der Waals surface area contributed by atoms with Crippen LogP contribution in [0, 0.1) is 11.7 Å². The Morgan fingerprint density at radius 2 is 2.06 bits per heavy atom. The number of aromatic nitrogens is 2. The predicted molar refractivity (Wildman–Crippen MR) is 137 cm³/mol. The summed E-state index contributed by atoms with van der Waals surface area (Å²) in [5, 5.41) is 4.25. The molecule has 7 nitrogen and oxygen atoms in total. The van der Waals surface area contributed by atoms with E-state index in [0.717, 1.165) is 60.8 Å². The first-order valence-electron chi connectivity index (χ1n) is 12.9. The lowest BCUT2D eigenvalue weighted by molar-refractivity contribution is -0.138. The van der Waals surface area contributed by atoms with Gasteiger partial charge < -0.3 is 24.1 Å². The van der Waals surface area contributed by atoms with Crippen LogP contribution in [0.4, 0.5) is 4.39 Å². The van der Waals surface area contributed by atoms with Crippen molar-refractivity contribution in [2.24, 2.45) is 13.0 Å². The third kappa shape index (κ3) is 5.11. The summed E-state index contributed by atoms with van der Waals surface area (Å²) in [7, 11) is 3.43. The van der Waals surface area contributed by atoms with Crippen LogP contribution >= 0.6 is 0 Å². The molecule has 1 amide bonds. The highest BCUT2D eigenvalue weighted by Crippen LogP contribution is 2.37. The maximum Gasteiger partial charge on any atom is 0.250 e. The third-order valence-corrected chi connectivity index (χ3v) is 7.64. The average molecular weight is 495 g/mol. The number of hydrogen-bond acceptors (Lipinski definition) is 4. The number of amides is 1. The quantitative estimate of drug-likeness (QED) is 0.463. The van der Waals surface area contributed by atoms with Crippen LogP contribution in [-0.4, -0.2) is 52.8 Å². The molecule has 2 aromatic heterocycles. The summed E-state index contributed by atoms with van der Waals surface area (Å²) in [4.78, 5) is 28.4. The Balaban J connectivity index is 1.44. The zero-order chi connectivity index (χ0) is 25.2. The second-order valence-corrected chi connectivity index (χ2v) is 10.2. The summed E-state index contributed by atoms with van der Waals surface area (Å²) in [6.45, 7) is 3.30. The molecule has 2 unspecified atom stereocenters. The van der Waals surface area contributed by atoms with Gasteiger partial charge in [0.25, 0.3) is 5.56 Å². The van der Waals surface area contributed by atoms with Crippen LogP contribution < -0.4 is 10.9 Å². The molecule has 1 aliphatic carbocycles. The van der Waals surface area contributed by atoms with Crippen molar-refractivity contribution in [3.05, 3.63) is 70.0 Å². The fraction of sp³-hybridized carbons (Fsp3) is 0.500. The number of nitrogens with one attached hydrogen (secondary N) is 1. The van der Waals surface area contributed by atoms with Crippen molar-refractivity contribution in [2.45, 2.75) is 50.7 Å². The molecule has 1 saturated carbocycles. The average Bonchev–Trinajstić information content (AvgIpc) is 3.67. The van der Waals surface area contributed by atoms with Crippen molar-refractivity contribution >= 4 is 16.8 Å². The van der Waals surface area contributed by atoms with Crippen LogP contribution in [0.25, 0.3) is 10.9 Å². The van der Waals surface area contributed by atoms with Crippen LogP contribution in [0.1, 0.15) is 42.7 Å². The molecule has 1 aromatic carbocycles. The van der Waals surface area contributed by atoms with Crippen LogP contribution in [-0.2, 0) is 29.7 Å². The number of methoxy groups -OCH3 is 1. The SMILES string of the molecule is COCCCn1cc(CN(C(=O)C2CNCCC2c2ccn(C)c(=O)c2)C2CC2)c2cc(F)ccc21. The number of halogens is 1. The minimum atomic E-state index is -0.273. The lowest BCUT2D eigenvalue weighted by Gasteiger charge is -2.35. The number of carbonyl (C=O) groups is 1. The van der Waals surface area contributed by atoms with Crippen LogP contribution in [0.3, 0.4) is 0 Å². The van der Waals surface area contributed by atoms with Crippen LogP contribution in [0.15, 0.2) is 47.5 Å². The topological polar surface area (TPSA) is 68.5 Å². The number of pyridine rings is 1. The number of aryl methyl sites for hydroxylation is 2. The van der Waals surface area contributed by atoms with Crippen molar-refractivity contribution in [1.29, 1.82) is 0 Å². The van der Waals surface area contributed by atoms with Gasteiger partial charge in [0.15, 0.2) is 0 Å². The second-order valence-electron chi connectivity index (χ2n) is 10.2. The number of nitrogens with zero attached hydrogens (tertiary/aromatic N) is 3. The minimum absolute atomic E-state index is 0.00160. The zero-order valence-corrected chi connectivity index (χ0v) is 21.1. The molecule has 2 fully saturated rings. The van der Waals surface area contributed by atoms with Gasteiger partial charge in [-0.3, -0.25) is 9.59 Å². The summed E-state index contributed by atoms with van der Waals surface area (Å²) in [5.74, 6) is -0.392. The molecule has 5 rings (SSSR count). The van der Waals surface area contributed by atoms with Gasteiger partial charge in [0.2, 0.25) is 5.91 Å². The molecule has 0 radical (unpaired) electrons. The fourth-order valence-corrected chi connectivity index (χ4v) is 5.51. The summed E-state index contributed by atoms with van der Waals surface area (Å²) >= 11 is 0. The monoisotopic (exact) mass is 494 g/mol. The Morgan fingerprint density at radius 1 is 1.22 bits per heavy atom.